The minimum absolute atomic E-state index is 0.254. The molecular formula is C11H20BrNO. The minimum Gasteiger partial charge on any atom is -0.342 e. The molecule has 14 heavy (non-hydrogen) atoms. The molecule has 1 saturated heterocycles. The Morgan fingerprint density at radius 2 is 2.14 bits per heavy atom. The number of alkyl halides is 1. The summed E-state index contributed by atoms with van der Waals surface area (Å²) in [6.07, 6.45) is 3.12. The van der Waals surface area contributed by atoms with Crippen molar-refractivity contribution in [3.05, 3.63) is 0 Å². The summed E-state index contributed by atoms with van der Waals surface area (Å²) in [7, 11) is 0. The van der Waals surface area contributed by atoms with Crippen molar-refractivity contribution in [3.63, 3.8) is 0 Å². The maximum atomic E-state index is 12.0. The van der Waals surface area contributed by atoms with Crippen LogP contribution in [0.4, 0.5) is 0 Å². The number of hydrogen-bond acceptors (Lipinski definition) is 1. The van der Waals surface area contributed by atoms with Gasteiger partial charge in [-0.05, 0) is 25.2 Å². The van der Waals surface area contributed by atoms with Gasteiger partial charge in [0.2, 0.25) is 5.91 Å². The molecule has 2 nitrogen and oxygen atoms in total. The zero-order valence-electron chi connectivity index (χ0n) is 9.13. The molecule has 0 aliphatic carbocycles. The van der Waals surface area contributed by atoms with Gasteiger partial charge in [-0.2, -0.15) is 0 Å². The second kappa shape index (κ2) is 5.74. The van der Waals surface area contributed by atoms with E-state index in [0.29, 0.717) is 11.8 Å². The van der Waals surface area contributed by atoms with E-state index in [1.54, 1.807) is 0 Å². The monoisotopic (exact) mass is 261 g/mol. The summed E-state index contributed by atoms with van der Waals surface area (Å²) in [5, 5.41) is 1.03. The van der Waals surface area contributed by atoms with Gasteiger partial charge in [0.05, 0.1) is 0 Å². The molecule has 1 unspecified atom stereocenters. The standard InChI is InChI=1S/C11H20BrNO/c1-3-10(4-2)11(14)13-6-5-9(7-12)8-13/h9-10H,3-8H2,1-2H3. The van der Waals surface area contributed by atoms with Crippen LogP contribution in [-0.2, 0) is 4.79 Å². The van der Waals surface area contributed by atoms with Crippen molar-refractivity contribution in [2.45, 2.75) is 33.1 Å². The summed E-state index contributed by atoms with van der Waals surface area (Å²) in [4.78, 5) is 14.0. The van der Waals surface area contributed by atoms with Gasteiger partial charge in [-0.25, -0.2) is 0 Å². The van der Waals surface area contributed by atoms with E-state index >= 15 is 0 Å². The van der Waals surface area contributed by atoms with Crippen molar-refractivity contribution in [2.24, 2.45) is 11.8 Å². The van der Waals surface area contributed by atoms with Crippen molar-refractivity contribution < 1.29 is 4.79 Å². The van der Waals surface area contributed by atoms with Gasteiger partial charge in [-0.1, -0.05) is 29.8 Å². The van der Waals surface area contributed by atoms with Crippen LogP contribution in [0.15, 0.2) is 0 Å². The fourth-order valence-electron chi connectivity index (χ4n) is 2.05. The Bertz CT molecular complexity index is 192. The quantitative estimate of drug-likeness (QED) is 0.713. The molecule has 1 heterocycles. The Hall–Kier alpha value is -0.0500. The summed E-state index contributed by atoms with van der Waals surface area (Å²) in [6, 6.07) is 0. The Balaban J connectivity index is 2.45. The van der Waals surface area contributed by atoms with E-state index < -0.39 is 0 Å². The van der Waals surface area contributed by atoms with Crippen molar-refractivity contribution in [2.75, 3.05) is 18.4 Å². The molecule has 0 bridgehead atoms. The van der Waals surface area contributed by atoms with Crippen LogP contribution in [0.1, 0.15) is 33.1 Å². The summed E-state index contributed by atoms with van der Waals surface area (Å²) in [6.45, 7) is 6.13. The Morgan fingerprint density at radius 1 is 1.50 bits per heavy atom. The maximum absolute atomic E-state index is 12.0. The molecule has 0 aromatic heterocycles. The molecule has 0 spiro atoms. The number of nitrogens with zero attached hydrogens (tertiary/aromatic N) is 1. The predicted molar refractivity (Wildman–Crippen MR) is 62.6 cm³/mol. The second-order valence-electron chi connectivity index (χ2n) is 4.11. The van der Waals surface area contributed by atoms with E-state index in [9.17, 15) is 4.79 Å². The molecule has 82 valence electrons. The van der Waals surface area contributed by atoms with Gasteiger partial charge < -0.3 is 4.90 Å². The van der Waals surface area contributed by atoms with Crippen LogP contribution < -0.4 is 0 Å². The first-order valence-electron chi connectivity index (χ1n) is 5.57. The fraction of sp³-hybridized carbons (Fsp3) is 0.909. The lowest BCUT2D eigenvalue weighted by Crippen LogP contribution is -2.34. The normalized spacial score (nSPS) is 22.0. The molecule has 0 radical (unpaired) electrons. The van der Waals surface area contributed by atoms with Gasteiger partial charge in [0.25, 0.3) is 0 Å². The van der Waals surface area contributed by atoms with E-state index in [0.717, 1.165) is 37.7 Å². The zero-order valence-corrected chi connectivity index (χ0v) is 10.7. The number of rotatable bonds is 4. The Kier molecular flexibility index (Phi) is 4.93. The van der Waals surface area contributed by atoms with Gasteiger partial charge in [-0.15, -0.1) is 0 Å². The number of hydrogen-bond donors (Lipinski definition) is 0. The number of carbonyl (C=O) groups excluding carboxylic acids is 1. The van der Waals surface area contributed by atoms with Gasteiger partial charge in [0.15, 0.2) is 0 Å². The van der Waals surface area contributed by atoms with Crippen LogP contribution in [0, 0.1) is 11.8 Å². The lowest BCUT2D eigenvalue weighted by Gasteiger charge is -2.21. The van der Waals surface area contributed by atoms with Crippen LogP contribution in [0.2, 0.25) is 0 Å². The highest BCUT2D eigenvalue weighted by molar-refractivity contribution is 9.09. The second-order valence-corrected chi connectivity index (χ2v) is 4.75. The molecule has 0 saturated carbocycles. The highest BCUT2D eigenvalue weighted by Crippen LogP contribution is 2.21. The van der Waals surface area contributed by atoms with Crippen molar-refractivity contribution in [1.29, 1.82) is 0 Å². The average molecular weight is 262 g/mol. The van der Waals surface area contributed by atoms with Gasteiger partial charge in [0.1, 0.15) is 0 Å². The summed E-state index contributed by atoms with van der Waals surface area (Å²) in [5.74, 6) is 1.30. The molecular weight excluding hydrogens is 242 g/mol. The summed E-state index contributed by atoms with van der Waals surface area (Å²) in [5.41, 5.74) is 0. The van der Waals surface area contributed by atoms with E-state index in [-0.39, 0.29) is 5.92 Å². The van der Waals surface area contributed by atoms with E-state index in [2.05, 4.69) is 29.8 Å². The minimum atomic E-state index is 0.254. The molecule has 1 amide bonds. The van der Waals surface area contributed by atoms with Crippen LogP contribution in [-0.4, -0.2) is 29.2 Å². The lowest BCUT2D eigenvalue weighted by atomic mass is 10.0. The molecule has 1 atom stereocenters. The topological polar surface area (TPSA) is 20.3 Å². The SMILES string of the molecule is CCC(CC)C(=O)N1CCC(CBr)C1. The molecule has 0 aromatic rings. The number of likely N-dealkylation sites (tertiary alicyclic amines) is 1. The molecule has 1 aliphatic heterocycles. The third kappa shape index (κ3) is 2.72. The highest BCUT2D eigenvalue weighted by atomic mass is 79.9. The van der Waals surface area contributed by atoms with Crippen molar-refractivity contribution >= 4 is 21.8 Å². The first-order chi connectivity index (χ1) is 6.72. The molecule has 3 heteroatoms. The predicted octanol–water partition coefficient (Wildman–Crippen LogP) is 2.67. The van der Waals surface area contributed by atoms with Gasteiger partial charge >= 0.3 is 0 Å². The molecule has 0 aromatic carbocycles. The van der Waals surface area contributed by atoms with Crippen LogP contribution in [0.5, 0.6) is 0 Å². The molecule has 1 aliphatic rings. The molecule has 1 rings (SSSR count). The Labute approximate surface area is 95.2 Å². The van der Waals surface area contributed by atoms with Crippen LogP contribution >= 0.6 is 15.9 Å². The third-order valence-corrected chi connectivity index (χ3v) is 4.07. The maximum Gasteiger partial charge on any atom is 0.225 e. The first-order valence-corrected chi connectivity index (χ1v) is 6.69. The molecule has 0 N–H and O–H groups in total. The zero-order chi connectivity index (χ0) is 10.6. The average Bonchev–Trinajstić information content (AvgIpc) is 2.67. The smallest absolute Gasteiger partial charge is 0.225 e. The third-order valence-electron chi connectivity index (χ3n) is 3.15. The first kappa shape index (κ1) is 12.0. The number of carbonyl (C=O) groups is 1. The van der Waals surface area contributed by atoms with Gasteiger partial charge in [0, 0.05) is 24.3 Å². The summed E-state index contributed by atoms with van der Waals surface area (Å²) < 4.78 is 0. The van der Waals surface area contributed by atoms with E-state index in [1.807, 2.05) is 4.90 Å². The summed E-state index contributed by atoms with van der Waals surface area (Å²) >= 11 is 3.49. The largest absolute Gasteiger partial charge is 0.342 e. The fourth-order valence-corrected chi connectivity index (χ4v) is 2.58. The van der Waals surface area contributed by atoms with Crippen molar-refractivity contribution in [3.8, 4) is 0 Å². The Morgan fingerprint density at radius 3 is 2.57 bits per heavy atom. The van der Waals surface area contributed by atoms with Crippen LogP contribution in [0.3, 0.4) is 0 Å². The van der Waals surface area contributed by atoms with E-state index in [4.69, 9.17) is 0 Å². The van der Waals surface area contributed by atoms with Crippen molar-refractivity contribution in [1.82, 2.24) is 4.90 Å². The van der Waals surface area contributed by atoms with Gasteiger partial charge in [-0.3, -0.25) is 4.79 Å². The number of halogens is 1. The highest BCUT2D eigenvalue weighted by Gasteiger charge is 2.28. The lowest BCUT2D eigenvalue weighted by molar-refractivity contribution is -0.134. The molecule has 1 fully saturated rings. The van der Waals surface area contributed by atoms with Crippen LogP contribution in [0.25, 0.3) is 0 Å². The van der Waals surface area contributed by atoms with E-state index in [1.165, 1.54) is 0 Å². The number of amides is 1.